The van der Waals surface area contributed by atoms with Gasteiger partial charge in [-0.1, -0.05) is 36.4 Å². The van der Waals surface area contributed by atoms with Crippen LogP contribution >= 0.6 is 7.60 Å². The van der Waals surface area contributed by atoms with Gasteiger partial charge in [0.15, 0.2) is 5.78 Å². The Morgan fingerprint density at radius 2 is 2.00 bits per heavy atom. The van der Waals surface area contributed by atoms with E-state index < -0.39 is 19.3 Å². The highest BCUT2D eigenvalue weighted by atomic mass is 31.2. The van der Waals surface area contributed by atoms with E-state index in [-0.39, 0.29) is 6.54 Å². The number of hydrogen-bond acceptors (Lipinski definition) is 2. The zero-order chi connectivity index (χ0) is 13.8. The van der Waals surface area contributed by atoms with Gasteiger partial charge in [0.25, 0.3) is 0 Å². The monoisotopic (exact) mass is 269 g/mol. The fourth-order valence-corrected chi connectivity index (χ4v) is 2.90. The molecule has 0 fully saturated rings. The summed E-state index contributed by atoms with van der Waals surface area (Å²) < 4.78 is 11.6. The second kappa shape index (κ2) is 5.96. The van der Waals surface area contributed by atoms with Crippen molar-refractivity contribution in [2.24, 2.45) is 0 Å². The second-order valence-electron chi connectivity index (χ2n) is 3.83. The normalized spacial score (nSPS) is 12.8. The SMILES string of the molecule is C=CCN(C(C)=O)C(c1ccccc1)P(=O)(O)O. The van der Waals surface area contributed by atoms with Crippen molar-refractivity contribution in [3.8, 4) is 0 Å². The predicted octanol–water partition coefficient (Wildman–Crippen LogP) is 1.90. The van der Waals surface area contributed by atoms with Crippen LogP contribution in [0.5, 0.6) is 0 Å². The summed E-state index contributed by atoms with van der Waals surface area (Å²) in [4.78, 5) is 31.6. The van der Waals surface area contributed by atoms with Crippen molar-refractivity contribution in [2.75, 3.05) is 6.54 Å². The van der Waals surface area contributed by atoms with Gasteiger partial charge in [0.1, 0.15) is 0 Å². The molecule has 1 aromatic carbocycles. The summed E-state index contributed by atoms with van der Waals surface area (Å²) in [5, 5.41) is 0. The lowest BCUT2D eigenvalue weighted by Crippen LogP contribution is -2.33. The molecule has 0 radical (unpaired) electrons. The Morgan fingerprint density at radius 1 is 1.44 bits per heavy atom. The first-order valence-electron chi connectivity index (χ1n) is 5.36. The first kappa shape index (κ1) is 14.6. The largest absolute Gasteiger partial charge is 0.352 e. The van der Waals surface area contributed by atoms with Gasteiger partial charge >= 0.3 is 7.60 Å². The zero-order valence-corrected chi connectivity index (χ0v) is 11.0. The molecular weight excluding hydrogens is 253 g/mol. The van der Waals surface area contributed by atoms with Crippen molar-refractivity contribution in [3.63, 3.8) is 0 Å². The molecule has 0 aliphatic carbocycles. The van der Waals surface area contributed by atoms with E-state index in [1.807, 2.05) is 0 Å². The summed E-state index contributed by atoms with van der Waals surface area (Å²) in [6, 6.07) is 8.26. The first-order chi connectivity index (χ1) is 8.38. The number of benzene rings is 1. The molecule has 1 aromatic rings. The molecule has 0 spiro atoms. The van der Waals surface area contributed by atoms with Crippen molar-refractivity contribution in [2.45, 2.75) is 12.7 Å². The number of hydrogen-bond donors (Lipinski definition) is 2. The molecular formula is C12H16NO4P. The van der Waals surface area contributed by atoms with Crippen molar-refractivity contribution < 1.29 is 19.1 Å². The van der Waals surface area contributed by atoms with Crippen LogP contribution in [0.1, 0.15) is 18.3 Å². The van der Waals surface area contributed by atoms with Crippen LogP contribution < -0.4 is 0 Å². The van der Waals surface area contributed by atoms with E-state index >= 15 is 0 Å². The van der Waals surface area contributed by atoms with Gasteiger partial charge in [0.05, 0.1) is 0 Å². The fourth-order valence-electron chi connectivity index (χ4n) is 1.72. The minimum Gasteiger partial charge on any atom is -0.323 e. The van der Waals surface area contributed by atoms with Crippen LogP contribution in [-0.2, 0) is 9.36 Å². The number of rotatable bonds is 5. The Balaban J connectivity index is 3.25. The summed E-state index contributed by atoms with van der Waals surface area (Å²) in [5.41, 5.74) is 0.405. The molecule has 0 bridgehead atoms. The molecule has 0 aliphatic rings. The van der Waals surface area contributed by atoms with Crippen LogP contribution in [0.25, 0.3) is 0 Å². The summed E-state index contributed by atoms with van der Waals surface area (Å²) in [7, 11) is -4.48. The molecule has 0 heterocycles. The van der Waals surface area contributed by atoms with E-state index in [0.29, 0.717) is 5.56 Å². The molecule has 0 aliphatic heterocycles. The van der Waals surface area contributed by atoms with E-state index in [1.54, 1.807) is 30.3 Å². The topological polar surface area (TPSA) is 77.8 Å². The molecule has 1 rings (SSSR count). The maximum absolute atomic E-state index is 11.6. The van der Waals surface area contributed by atoms with Crippen molar-refractivity contribution in [1.82, 2.24) is 4.90 Å². The number of amides is 1. The third kappa shape index (κ3) is 3.53. The standard InChI is InChI=1S/C12H16NO4P/c1-3-9-13(10(2)14)12(18(15,16)17)11-7-5-4-6-8-11/h3-8,12H,1,9H2,2H3,(H2,15,16,17). The predicted molar refractivity (Wildman–Crippen MR) is 68.8 cm³/mol. The first-order valence-corrected chi connectivity index (χ1v) is 7.04. The lowest BCUT2D eigenvalue weighted by atomic mass is 10.2. The molecule has 18 heavy (non-hydrogen) atoms. The second-order valence-corrected chi connectivity index (χ2v) is 5.50. The smallest absolute Gasteiger partial charge is 0.323 e. The maximum atomic E-state index is 11.6. The van der Waals surface area contributed by atoms with E-state index in [9.17, 15) is 19.1 Å². The van der Waals surface area contributed by atoms with E-state index in [4.69, 9.17) is 0 Å². The molecule has 5 nitrogen and oxygen atoms in total. The molecule has 1 unspecified atom stereocenters. The summed E-state index contributed by atoms with van der Waals surface area (Å²) in [5.74, 6) is -1.68. The molecule has 1 amide bonds. The fraction of sp³-hybridized carbons (Fsp3) is 0.250. The van der Waals surface area contributed by atoms with Gasteiger partial charge < -0.3 is 14.7 Å². The molecule has 6 heteroatoms. The van der Waals surface area contributed by atoms with Gasteiger partial charge in [-0.05, 0) is 5.56 Å². The minimum atomic E-state index is -4.48. The number of carbonyl (C=O) groups excluding carboxylic acids is 1. The molecule has 0 saturated carbocycles. The highest BCUT2D eigenvalue weighted by Crippen LogP contribution is 2.53. The number of nitrogens with zero attached hydrogens (tertiary/aromatic N) is 1. The lowest BCUT2D eigenvalue weighted by Gasteiger charge is -2.30. The van der Waals surface area contributed by atoms with Gasteiger partial charge in [0.2, 0.25) is 5.91 Å². The summed E-state index contributed by atoms with van der Waals surface area (Å²) in [6.07, 6.45) is 1.44. The van der Waals surface area contributed by atoms with Crippen LogP contribution in [0.15, 0.2) is 43.0 Å². The average molecular weight is 269 g/mol. The van der Waals surface area contributed by atoms with Gasteiger partial charge in [-0.25, -0.2) is 0 Å². The van der Waals surface area contributed by atoms with Crippen molar-refractivity contribution >= 4 is 13.5 Å². The lowest BCUT2D eigenvalue weighted by molar-refractivity contribution is -0.129. The van der Waals surface area contributed by atoms with Crippen LogP contribution in [0, 0.1) is 0 Å². The zero-order valence-electron chi connectivity index (χ0n) is 10.1. The molecule has 0 saturated heterocycles. The average Bonchev–Trinajstić information content (AvgIpc) is 2.28. The Labute approximate surface area is 106 Å². The maximum Gasteiger partial charge on any atom is 0.352 e. The quantitative estimate of drug-likeness (QED) is 0.632. The van der Waals surface area contributed by atoms with Crippen LogP contribution in [0.4, 0.5) is 0 Å². The molecule has 1 atom stereocenters. The highest BCUT2D eigenvalue weighted by Gasteiger charge is 2.36. The summed E-state index contributed by atoms with van der Waals surface area (Å²) >= 11 is 0. The number of carbonyl (C=O) groups is 1. The van der Waals surface area contributed by atoms with E-state index in [2.05, 4.69) is 6.58 Å². The summed E-state index contributed by atoms with van der Waals surface area (Å²) in [6.45, 7) is 4.85. The van der Waals surface area contributed by atoms with Gasteiger partial charge in [-0.15, -0.1) is 6.58 Å². The van der Waals surface area contributed by atoms with Crippen molar-refractivity contribution in [1.29, 1.82) is 0 Å². The van der Waals surface area contributed by atoms with Gasteiger partial charge in [-0.3, -0.25) is 9.36 Å². The third-order valence-electron chi connectivity index (χ3n) is 2.44. The Bertz CT molecular complexity index is 468. The van der Waals surface area contributed by atoms with E-state index in [1.165, 1.54) is 13.0 Å². The van der Waals surface area contributed by atoms with Crippen molar-refractivity contribution in [3.05, 3.63) is 48.6 Å². The van der Waals surface area contributed by atoms with Crippen LogP contribution in [-0.4, -0.2) is 27.1 Å². The van der Waals surface area contributed by atoms with Crippen LogP contribution in [0.3, 0.4) is 0 Å². The van der Waals surface area contributed by atoms with E-state index in [0.717, 1.165) is 4.90 Å². The Hall–Kier alpha value is -1.42. The Morgan fingerprint density at radius 3 is 2.39 bits per heavy atom. The molecule has 98 valence electrons. The highest BCUT2D eigenvalue weighted by molar-refractivity contribution is 7.52. The van der Waals surface area contributed by atoms with Gasteiger partial charge in [0, 0.05) is 13.5 Å². The Kier molecular flexibility index (Phi) is 4.84. The molecule has 2 N–H and O–H groups in total. The third-order valence-corrected chi connectivity index (χ3v) is 3.66. The minimum absolute atomic E-state index is 0.0833. The van der Waals surface area contributed by atoms with Gasteiger partial charge in [-0.2, -0.15) is 0 Å². The van der Waals surface area contributed by atoms with Crippen LogP contribution in [0.2, 0.25) is 0 Å². The molecule has 0 aromatic heterocycles.